The quantitative estimate of drug-likeness (QED) is 0.218. The molecule has 2 N–H and O–H groups in total. The first-order valence-corrected chi connectivity index (χ1v) is 14.1. The molecule has 1 aromatic heterocycles. The molecule has 1 saturated heterocycles. The number of benzene rings is 3. The minimum atomic E-state index is -0.857. The molecular weight excluding hydrogens is 569 g/mol. The smallest absolute Gasteiger partial charge is 0.284 e. The number of rotatable bonds is 9. The van der Waals surface area contributed by atoms with E-state index in [1.807, 2.05) is 24.9 Å². The highest BCUT2D eigenvalue weighted by molar-refractivity contribution is 6.05. The number of likely N-dealkylation sites (tertiary alicyclic amines) is 1. The number of aryl methyl sites for hydroxylation is 1. The maximum absolute atomic E-state index is 14.9. The van der Waals surface area contributed by atoms with Crippen molar-refractivity contribution in [3.8, 4) is 34.5 Å². The molecule has 4 aromatic rings. The second-order valence-electron chi connectivity index (χ2n) is 10.5. The van der Waals surface area contributed by atoms with Crippen molar-refractivity contribution in [2.24, 2.45) is 0 Å². The van der Waals surface area contributed by atoms with Gasteiger partial charge in [-0.1, -0.05) is 0 Å². The number of nitrogens with zero attached hydrogens (tertiary/aromatic N) is 3. The van der Waals surface area contributed by atoms with Gasteiger partial charge in [0.15, 0.2) is 17.3 Å². The number of anilines is 3. The fourth-order valence-corrected chi connectivity index (χ4v) is 5.26. The van der Waals surface area contributed by atoms with Gasteiger partial charge in [-0.2, -0.15) is 0 Å². The largest absolute Gasteiger partial charge is 0.494 e. The van der Waals surface area contributed by atoms with Gasteiger partial charge in [-0.25, -0.2) is 14.4 Å². The van der Waals surface area contributed by atoms with Crippen LogP contribution in [-0.4, -0.2) is 61.4 Å². The first-order valence-electron chi connectivity index (χ1n) is 14.1. The van der Waals surface area contributed by atoms with Crippen molar-refractivity contribution in [2.45, 2.75) is 25.8 Å². The van der Waals surface area contributed by atoms with E-state index < -0.39 is 11.7 Å². The molecular formula is C32H32FN5O6. The number of likely N-dealkylation sites (N-methyl/N-ethyl adjacent to an activating group) is 1. The Morgan fingerprint density at radius 3 is 2.59 bits per heavy atom. The Morgan fingerprint density at radius 1 is 1.02 bits per heavy atom. The zero-order chi connectivity index (χ0) is 30.8. The first-order chi connectivity index (χ1) is 21.3. The maximum Gasteiger partial charge on any atom is 0.284 e. The molecule has 12 heteroatoms. The molecule has 2 aliphatic heterocycles. The summed E-state index contributed by atoms with van der Waals surface area (Å²) >= 11 is 0. The molecule has 3 heterocycles. The third-order valence-corrected chi connectivity index (χ3v) is 7.66. The number of ether oxygens (including phenoxy) is 5. The van der Waals surface area contributed by atoms with E-state index in [2.05, 4.69) is 20.6 Å². The van der Waals surface area contributed by atoms with Crippen molar-refractivity contribution >= 4 is 34.0 Å². The van der Waals surface area contributed by atoms with Gasteiger partial charge in [0.2, 0.25) is 6.79 Å². The van der Waals surface area contributed by atoms with Crippen molar-refractivity contribution in [1.82, 2.24) is 14.9 Å². The SMILES string of the molecule is COc1cc2ncnc(Nc3cc(C)c(Oc4ccc5c(c4)OCO5)cc3OC)c2cc1NC(=O)/C(F)=C\C1CCCN1C. The number of nitrogens with one attached hydrogen (secondary N) is 2. The second-order valence-corrected chi connectivity index (χ2v) is 10.5. The van der Waals surface area contributed by atoms with Gasteiger partial charge in [0.05, 0.1) is 31.1 Å². The van der Waals surface area contributed by atoms with E-state index in [0.717, 1.165) is 24.9 Å². The topological polar surface area (TPSA) is 116 Å². The molecule has 6 rings (SSSR count). The summed E-state index contributed by atoms with van der Waals surface area (Å²) in [5.74, 6) is 2.04. The standard InChI is InChI=1S/C32H32FN5O6/c1-18-10-24(29(41-4)15-27(18)44-20-7-8-26-30(12-20)43-17-42-26)36-31-21-13-25(28(40-3)14-23(21)34-16-35-31)37-32(39)22(33)11-19-6-5-9-38(19)2/h7-8,10-16,19H,5-6,9,17H2,1-4H3,(H,37,39)(H,34,35,36)/b22-11+. The van der Waals surface area contributed by atoms with Crippen LogP contribution in [0.15, 0.2) is 60.7 Å². The molecule has 11 nitrogen and oxygen atoms in total. The van der Waals surface area contributed by atoms with Gasteiger partial charge in [-0.3, -0.25) is 9.69 Å². The lowest BCUT2D eigenvalue weighted by molar-refractivity contribution is -0.114. The Morgan fingerprint density at radius 2 is 1.82 bits per heavy atom. The average molecular weight is 602 g/mol. The number of halogens is 1. The summed E-state index contributed by atoms with van der Waals surface area (Å²) < 4.78 is 43.0. The molecule has 44 heavy (non-hydrogen) atoms. The Balaban J connectivity index is 1.27. The van der Waals surface area contributed by atoms with Crippen LogP contribution in [0.1, 0.15) is 18.4 Å². The number of fused-ring (bicyclic) bond motifs is 2. The number of carbonyl (C=O) groups is 1. The van der Waals surface area contributed by atoms with Gasteiger partial charge in [0, 0.05) is 29.6 Å². The summed E-state index contributed by atoms with van der Waals surface area (Å²) in [6, 6.07) is 12.2. The van der Waals surface area contributed by atoms with Gasteiger partial charge < -0.3 is 34.3 Å². The van der Waals surface area contributed by atoms with Crippen LogP contribution < -0.4 is 34.3 Å². The van der Waals surface area contributed by atoms with Crippen LogP contribution in [0.2, 0.25) is 0 Å². The highest BCUT2D eigenvalue weighted by Gasteiger charge is 2.23. The highest BCUT2D eigenvalue weighted by Crippen LogP contribution is 2.41. The third-order valence-electron chi connectivity index (χ3n) is 7.66. The van der Waals surface area contributed by atoms with Crippen molar-refractivity contribution < 1.29 is 32.9 Å². The molecule has 0 bridgehead atoms. The van der Waals surface area contributed by atoms with E-state index in [-0.39, 0.29) is 18.5 Å². The van der Waals surface area contributed by atoms with Gasteiger partial charge >= 0.3 is 0 Å². The normalized spacial score (nSPS) is 16.2. The van der Waals surface area contributed by atoms with E-state index in [9.17, 15) is 9.18 Å². The van der Waals surface area contributed by atoms with Crippen molar-refractivity contribution in [3.63, 3.8) is 0 Å². The monoisotopic (exact) mass is 601 g/mol. The van der Waals surface area contributed by atoms with Gasteiger partial charge in [-0.05, 0) is 69.3 Å². The molecule has 1 fully saturated rings. The van der Waals surface area contributed by atoms with Crippen LogP contribution in [-0.2, 0) is 4.79 Å². The lowest BCUT2D eigenvalue weighted by Gasteiger charge is -2.17. The second kappa shape index (κ2) is 12.3. The van der Waals surface area contributed by atoms with Crippen LogP contribution in [0.25, 0.3) is 10.9 Å². The number of carbonyl (C=O) groups excluding carboxylic acids is 1. The predicted molar refractivity (Wildman–Crippen MR) is 163 cm³/mol. The van der Waals surface area contributed by atoms with Gasteiger partial charge in [0.1, 0.15) is 35.1 Å². The summed E-state index contributed by atoms with van der Waals surface area (Å²) in [7, 11) is 4.94. The fourth-order valence-electron chi connectivity index (χ4n) is 5.26. The Hall–Kier alpha value is -5.10. The molecule has 0 saturated carbocycles. The maximum atomic E-state index is 14.9. The zero-order valence-electron chi connectivity index (χ0n) is 24.8. The average Bonchev–Trinajstić information content (AvgIpc) is 3.66. The number of hydrogen-bond acceptors (Lipinski definition) is 10. The van der Waals surface area contributed by atoms with Crippen LogP contribution in [0.4, 0.5) is 21.6 Å². The summed E-state index contributed by atoms with van der Waals surface area (Å²) in [5, 5.41) is 6.53. The minimum absolute atomic E-state index is 0.115. The van der Waals surface area contributed by atoms with Crippen LogP contribution in [0.5, 0.6) is 34.5 Å². The summed E-state index contributed by atoms with van der Waals surface area (Å²) in [6.07, 6.45) is 4.54. The van der Waals surface area contributed by atoms with Gasteiger partial charge in [-0.15, -0.1) is 0 Å². The molecule has 228 valence electrons. The van der Waals surface area contributed by atoms with E-state index in [1.54, 1.807) is 43.5 Å². The lowest BCUT2D eigenvalue weighted by atomic mass is 10.1. The van der Waals surface area contributed by atoms with E-state index in [4.69, 9.17) is 23.7 Å². The Labute approximate surface area is 253 Å². The predicted octanol–water partition coefficient (Wildman–Crippen LogP) is 6.11. The van der Waals surface area contributed by atoms with E-state index in [1.165, 1.54) is 19.5 Å². The molecule has 0 spiro atoms. The Bertz CT molecular complexity index is 1760. The molecule has 0 radical (unpaired) electrons. The summed E-state index contributed by atoms with van der Waals surface area (Å²) in [4.78, 5) is 23.6. The van der Waals surface area contributed by atoms with Gasteiger partial charge in [0.25, 0.3) is 5.91 Å². The Kier molecular flexibility index (Phi) is 8.07. The van der Waals surface area contributed by atoms with Crippen molar-refractivity contribution in [3.05, 3.63) is 66.3 Å². The van der Waals surface area contributed by atoms with Crippen molar-refractivity contribution in [1.29, 1.82) is 0 Å². The molecule has 3 aromatic carbocycles. The zero-order valence-corrected chi connectivity index (χ0v) is 24.8. The molecule has 2 aliphatic rings. The lowest BCUT2D eigenvalue weighted by Crippen LogP contribution is -2.24. The third kappa shape index (κ3) is 5.88. The molecule has 1 amide bonds. The minimum Gasteiger partial charge on any atom is -0.494 e. The molecule has 0 aliphatic carbocycles. The first kappa shape index (κ1) is 29.0. The number of methoxy groups -OCH3 is 2. The molecule has 1 atom stereocenters. The fraction of sp³-hybridized carbons (Fsp3) is 0.281. The summed E-state index contributed by atoms with van der Waals surface area (Å²) in [6.45, 7) is 2.95. The van der Waals surface area contributed by atoms with E-state index in [0.29, 0.717) is 56.9 Å². The number of aromatic nitrogens is 2. The van der Waals surface area contributed by atoms with Crippen molar-refractivity contribution in [2.75, 3.05) is 45.2 Å². The number of amides is 1. The van der Waals surface area contributed by atoms with Crippen LogP contribution in [0.3, 0.4) is 0 Å². The number of hydrogen-bond donors (Lipinski definition) is 2. The van der Waals surface area contributed by atoms with E-state index >= 15 is 0 Å². The molecule has 1 unspecified atom stereocenters. The summed E-state index contributed by atoms with van der Waals surface area (Å²) in [5.41, 5.74) is 2.29. The van der Waals surface area contributed by atoms with Crippen LogP contribution >= 0.6 is 0 Å². The van der Waals surface area contributed by atoms with Crippen LogP contribution in [0, 0.1) is 6.92 Å². The highest BCUT2D eigenvalue weighted by atomic mass is 19.1.